The lowest BCUT2D eigenvalue weighted by Crippen LogP contribution is -2.07. The number of nitrogens with zero attached hydrogens (tertiary/aromatic N) is 3. The first-order chi connectivity index (χ1) is 10.2. The monoisotopic (exact) mass is 285 g/mol. The van der Waals surface area contributed by atoms with Gasteiger partial charge >= 0.3 is 0 Å². The molecule has 0 radical (unpaired) electrons. The van der Waals surface area contributed by atoms with E-state index in [1.807, 2.05) is 0 Å². The van der Waals surface area contributed by atoms with Crippen molar-refractivity contribution >= 4 is 22.5 Å². The van der Waals surface area contributed by atoms with Crippen LogP contribution in [0.1, 0.15) is 0 Å². The van der Waals surface area contributed by atoms with Gasteiger partial charge in [0.05, 0.1) is 18.3 Å². The van der Waals surface area contributed by atoms with Gasteiger partial charge in [0.15, 0.2) is 11.5 Å². The lowest BCUT2D eigenvalue weighted by Gasteiger charge is -2.12. The average molecular weight is 285 g/mol. The van der Waals surface area contributed by atoms with E-state index >= 15 is 0 Å². The summed E-state index contributed by atoms with van der Waals surface area (Å²) in [4.78, 5) is 8.10. The molecule has 21 heavy (non-hydrogen) atoms. The standard InChI is InChI=1S/C15H12FN3O2/c1-21-14-7-10-9-17-15(18-12(10)8-13(14)20)19(16)11-5-3-2-4-6-11/h2-9,20H,1H3. The quantitative estimate of drug-likeness (QED) is 0.748. The van der Waals surface area contributed by atoms with Crippen LogP contribution in [0.15, 0.2) is 48.7 Å². The van der Waals surface area contributed by atoms with Gasteiger partial charge in [-0.15, -0.1) is 5.12 Å². The Labute approximate surface area is 120 Å². The number of benzene rings is 2. The molecule has 3 aromatic rings. The first-order valence-corrected chi connectivity index (χ1v) is 6.24. The van der Waals surface area contributed by atoms with Crippen LogP contribution in [0.2, 0.25) is 0 Å². The maximum Gasteiger partial charge on any atom is 0.259 e. The number of methoxy groups -OCH3 is 1. The van der Waals surface area contributed by atoms with Gasteiger partial charge in [-0.3, -0.25) is 0 Å². The molecule has 0 saturated heterocycles. The summed E-state index contributed by atoms with van der Waals surface area (Å²) in [5.74, 6) is 0.164. The maximum absolute atomic E-state index is 14.3. The SMILES string of the molecule is COc1cc2cnc(N(F)c3ccccc3)nc2cc1O. The number of aromatic hydroxyl groups is 1. The number of phenolic OH excluding ortho intramolecular Hbond substituents is 1. The van der Waals surface area contributed by atoms with E-state index < -0.39 is 0 Å². The summed E-state index contributed by atoms with van der Waals surface area (Å²) in [6.45, 7) is 0. The van der Waals surface area contributed by atoms with E-state index in [0.29, 0.717) is 27.5 Å². The molecule has 0 atom stereocenters. The van der Waals surface area contributed by atoms with Gasteiger partial charge in [-0.1, -0.05) is 22.7 Å². The Morgan fingerprint density at radius 2 is 1.95 bits per heavy atom. The molecule has 0 bridgehead atoms. The van der Waals surface area contributed by atoms with Gasteiger partial charge in [0.2, 0.25) is 0 Å². The highest BCUT2D eigenvalue weighted by atomic mass is 19.2. The van der Waals surface area contributed by atoms with E-state index in [1.165, 1.54) is 19.4 Å². The highest BCUT2D eigenvalue weighted by Gasteiger charge is 2.13. The number of hydrogen-bond donors (Lipinski definition) is 1. The number of aromatic nitrogens is 2. The predicted octanol–water partition coefficient (Wildman–Crippen LogP) is 3.37. The Kier molecular flexibility index (Phi) is 3.27. The Morgan fingerprint density at radius 1 is 1.19 bits per heavy atom. The topological polar surface area (TPSA) is 58.5 Å². The van der Waals surface area contributed by atoms with Crippen LogP contribution in [0, 0.1) is 0 Å². The maximum atomic E-state index is 14.3. The second-order valence-electron chi connectivity index (χ2n) is 4.37. The van der Waals surface area contributed by atoms with Gasteiger partial charge in [0.1, 0.15) is 0 Å². The van der Waals surface area contributed by atoms with Crippen LogP contribution in [0.3, 0.4) is 0 Å². The molecular formula is C15H12FN3O2. The second-order valence-corrected chi connectivity index (χ2v) is 4.37. The number of anilines is 2. The van der Waals surface area contributed by atoms with Crippen molar-refractivity contribution in [3.8, 4) is 11.5 Å². The number of para-hydroxylation sites is 1. The smallest absolute Gasteiger partial charge is 0.259 e. The van der Waals surface area contributed by atoms with E-state index in [1.54, 1.807) is 36.4 Å². The van der Waals surface area contributed by atoms with Gasteiger partial charge in [0, 0.05) is 17.6 Å². The number of halogens is 1. The van der Waals surface area contributed by atoms with Crippen molar-refractivity contribution in [1.29, 1.82) is 0 Å². The van der Waals surface area contributed by atoms with Crippen molar-refractivity contribution in [3.05, 3.63) is 48.7 Å². The molecule has 0 saturated carbocycles. The minimum atomic E-state index is -0.0988. The number of rotatable bonds is 3. The van der Waals surface area contributed by atoms with Crippen LogP contribution in [0.25, 0.3) is 10.9 Å². The Morgan fingerprint density at radius 3 is 2.67 bits per heavy atom. The Bertz CT molecular complexity index is 780. The normalized spacial score (nSPS) is 10.6. The summed E-state index contributed by atoms with van der Waals surface area (Å²) in [6.07, 6.45) is 1.48. The molecule has 1 heterocycles. The van der Waals surface area contributed by atoms with Gasteiger partial charge < -0.3 is 9.84 Å². The van der Waals surface area contributed by atoms with E-state index in [9.17, 15) is 9.59 Å². The molecule has 0 aliphatic carbocycles. The molecule has 0 spiro atoms. The van der Waals surface area contributed by atoms with Gasteiger partial charge in [-0.05, 0) is 18.2 Å². The molecule has 0 aliphatic rings. The summed E-state index contributed by atoms with van der Waals surface area (Å²) >= 11 is 0. The minimum absolute atomic E-state index is 0.0558. The molecule has 1 N–H and O–H groups in total. The molecule has 106 valence electrons. The van der Waals surface area contributed by atoms with Gasteiger partial charge in [-0.2, -0.15) is 0 Å². The molecule has 5 nitrogen and oxygen atoms in total. The summed E-state index contributed by atoms with van der Waals surface area (Å²) in [6, 6.07) is 11.5. The summed E-state index contributed by atoms with van der Waals surface area (Å²) in [5.41, 5.74) is 0.756. The van der Waals surface area contributed by atoms with E-state index in [0.717, 1.165) is 0 Å². The lowest BCUT2D eigenvalue weighted by atomic mass is 10.2. The Balaban J connectivity index is 2.05. The largest absolute Gasteiger partial charge is 0.504 e. The van der Waals surface area contributed by atoms with E-state index in [2.05, 4.69) is 9.97 Å². The molecule has 1 aromatic heterocycles. The molecule has 0 fully saturated rings. The molecule has 0 aliphatic heterocycles. The average Bonchev–Trinajstić information content (AvgIpc) is 2.53. The summed E-state index contributed by atoms with van der Waals surface area (Å²) in [7, 11) is 1.45. The van der Waals surface area contributed by atoms with Crippen LogP contribution in [0.4, 0.5) is 16.1 Å². The molecule has 0 unspecified atom stereocenters. The molecule has 2 aromatic carbocycles. The van der Waals surface area contributed by atoms with Crippen LogP contribution < -0.4 is 9.86 Å². The number of phenols is 1. The van der Waals surface area contributed by atoms with E-state index in [-0.39, 0.29) is 11.7 Å². The number of ether oxygens (including phenoxy) is 1. The molecule has 6 heteroatoms. The van der Waals surface area contributed by atoms with Crippen LogP contribution in [-0.4, -0.2) is 22.2 Å². The van der Waals surface area contributed by atoms with Gasteiger partial charge in [-0.25, -0.2) is 9.97 Å². The fourth-order valence-electron chi connectivity index (χ4n) is 1.97. The molecule has 3 rings (SSSR count). The number of fused-ring (bicyclic) bond motifs is 1. The van der Waals surface area contributed by atoms with Crippen LogP contribution in [-0.2, 0) is 0 Å². The van der Waals surface area contributed by atoms with Crippen molar-refractivity contribution in [1.82, 2.24) is 9.97 Å². The first kappa shape index (κ1) is 13.1. The third-order valence-electron chi connectivity index (χ3n) is 3.03. The van der Waals surface area contributed by atoms with Crippen molar-refractivity contribution in [3.63, 3.8) is 0 Å². The van der Waals surface area contributed by atoms with Crippen LogP contribution >= 0.6 is 0 Å². The molecular weight excluding hydrogens is 273 g/mol. The third kappa shape index (κ3) is 2.43. The van der Waals surface area contributed by atoms with Crippen LogP contribution in [0.5, 0.6) is 11.5 Å². The third-order valence-corrected chi connectivity index (χ3v) is 3.03. The summed E-state index contributed by atoms with van der Waals surface area (Å²) < 4.78 is 19.3. The molecule has 0 amide bonds. The van der Waals surface area contributed by atoms with Crippen molar-refractivity contribution in [2.24, 2.45) is 0 Å². The number of hydrogen-bond acceptors (Lipinski definition) is 5. The minimum Gasteiger partial charge on any atom is -0.504 e. The van der Waals surface area contributed by atoms with Crippen molar-refractivity contribution in [2.75, 3.05) is 12.2 Å². The zero-order valence-electron chi connectivity index (χ0n) is 11.2. The fourth-order valence-corrected chi connectivity index (χ4v) is 1.97. The van der Waals surface area contributed by atoms with Crippen molar-refractivity contribution < 1.29 is 14.3 Å². The predicted molar refractivity (Wildman–Crippen MR) is 77.4 cm³/mol. The Hall–Kier alpha value is -2.89. The second kappa shape index (κ2) is 5.24. The highest BCUT2D eigenvalue weighted by molar-refractivity contribution is 5.83. The summed E-state index contributed by atoms with van der Waals surface area (Å²) in [5, 5.41) is 10.8. The van der Waals surface area contributed by atoms with E-state index in [4.69, 9.17) is 4.74 Å². The highest BCUT2D eigenvalue weighted by Crippen LogP contribution is 2.31. The zero-order valence-corrected chi connectivity index (χ0v) is 11.2. The lowest BCUT2D eigenvalue weighted by molar-refractivity contribution is 0.374. The fraction of sp³-hybridized carbons (Fsp3) is 0.0667. The zero-order chi connectivity index (χ0) is 14.8. The first-order valence-electron chi connectivity index (χ1n) is 6.24. The van der Waals surface area contributed by atoms with Crippen molar-refractivity contribution in [2.45, 2.75) is 0 Å². The van der Waals surface area contributed by atoms with Gasteiger partial charge in [0.25, 0.3) is 5.95 Å².